The van der Waals surface area contributed by atoms with E-state index in [9.17, 15) is 4.79 Å². The van der Waals surface area contributed by atoms with E-state index in [1.807, 2.05) is 42.5 Å². The number of hydrogen-bond donors (Lipinski definition) is 2. The Morgan fingerprint density at radius 2 is 1.96 bits per heavy atom. The largest absolute Gasteiger partial charge is 0.340 e. The minimum absolute atomic E-state index is 0.148. The first-order valence-electron chi connectivity index (χ1n) is 8.41. The Hall–Kier alpha value is -2.89. The molecule has 3 aromatic rings. The van der Waals surface area contributed by atoms with Gasteiger partial charge in [-0.1, -0.05) is 32.0 Å². The number of carbonyl (C=O) groups excluding carboxylic acids is 1. The second-order valence-electron chi connectivity index (χ2n) is 6.49. The van der Waals surface area contributed by atoms with Gasteiger partial charge in [0.2, 0.25) is 0 Å². The summed E-state index contributed by atoms with van der Waals surface area (Å²) in [4.78, 5) is 26.4. The molecule has 25 heavy (non-hydrogen) atoms. The zero-order chi connectivity index (χ0) is 17.8. The number of aromatic nitrogens is 3. The van der Waals surface area contributed by atoms with Crippen LogP contribution in [0, 0.1) is 5.92 Å². The zero-order valence-electron chi connectivity index (χ0n) is 14.7. The number of fused-ring (bicyclic) bond motifs is 1. The average molecular weight is 337 g/mol. The zero-order valence-corrected chi connectivity index (χ0v) is 14.7. The molecule has 0 saturated carbocycles. The summed E-state index contributed by atoms with van der Waals surface area (Å²) in [7, 11) is 1.76. The minimum Gasteiger partial charge on any atom is -0.340 e. The number of imidazole rings is 1. The van der Waals surface area contributed by atoms with E-state index >= 15 is 0 Å². The van der Waals surface area contributed by atoms with Crippen LogP contribution in [-0.2, 0) is 6.54 Å². The summed E-state index contributed by atoms with van der Waals surface area (Å²) in [6.45, 7) is 4.59. The highest BCUT2D eigenvalue weighted by Gasteiger charge is 2.23. The Kier molecular flexibility index (Phi) is 4.97. The highest BCUT2D eigenvalue weighted by atomic mass is 16.2. The fourth-order valence-corrected chi connectivity index (χ4v) is 2.72. The van der Waals surface area contributed by atoms with Crippen molar-refractivity contribution in [1.82, 2.24) is 25.2 Å². The topological polar surface area (TPSA) is 73.9 Å². The molecule has 0 fully saturated rings. The molecular formula is C19H23N5O. The maximum atomic E-state index is 12.6. The lowest BCUT2D eigenvalue weighted by atomic mass is 10.0. The Balaban J connectivity index is 1.73. The van der Waals surface area contributed by atoms with Crippen LogP contribution in [0.15, 0.2) is 48.7 Å². The molecule has 0 aliphatic rings. The first-order valence-corrected chi connectivity index (χ1v) is 8.41. The summed E-state index contributed by atoms with van der Waals surface area (Å²) in [6, 6.07) is 13.2. The van der Waals surface area contributed by atoms with Gasteiger partial charge in [0.15, 0.2) is 0 Å². The maximum Gasteiger partial charge on any atom is 0.318 e. The van der Waals surface area contributed by atoms with Crippen molar-refractivity contribution in [3.63, 3.8) is 0 Å². The Morgan fingerprint density at radius 3 is 2.64 bits per heavy atom. The average Bonchev–Trinajstić information content (AvgIpc) is 3.03. The van der Waals surface area contributed by atoms with E-state index in [0.29, 0.717) is 6.54 Å². The fourth-order valence-electron chi connectivity index (χ4n) is 2.72. The Labute approximate surface area is 147 Å². The minimum atomic E-state index is -0.189. The van der Waals surface area contributed by atoms with Crippen LogP contribution in [0.3, 0.4) is 0 Å². The van der Waals surface area contributed by atoms with Crippen LogP contribution < -0.4 is 5.32 Å². The molecule has 0 bridgehead atoms. The number of pyridine rings is 1. The predicted octanol–water partition coefficient (Wildman–Crippen LogP) is 3.50. The molecule has 1 atom stereocenters. The summed E-state index contributed by atoms with van der Waals surface area (Å²) in [5.41, 5.74) is 2.73. The van der Waals surface area contributed by atoms with Gasteiger partial charge in [-0.25, -0.2) is 9.78 Å². The van der Waals surface area contributed by atoms with Gasteiger partial charge >= 0.3 is 6.03 Å². The molecule has 0 unspecified atom stereocenters. The normalized spacial score (nSPS) is 12.3. The van der Waals surface area contributed by atoms with Crippen LogP contribution in [0.25, 0.3) is 11.0 Å². The molecule has 2 aromatic heterocycles. The van der Waals surface area contributed by atoms with E-state index in [1.54, 1.807) is 18.1 Å². The molecule has 0 aliphatic carbocycles. The van der Waals surface area contributed by atoms with Crippen LogP contribution in [0.2, 0.25) is 0 Å². The summed E-state index contributed by atoms with van der Waals surface area (Å²) < 4.78 is 0. The number of nitrogens with one attached hydrogen (secondary N) is 2. The van der Waals surface area contributed by atoms with Crippen molar-refractivity contribution in [1.29, 1.82) is 0 Å². The van der Waals surface area contributed by atoms with Gasteiger partial charge in [-0.15, -0.1) is 0 Å². The number of urea groups is 1. The molecule has 6 heteroatoms. The number of aromatic amines is 1. The SMILES string of the molecule is CC(C)[C@H](NC(=O)N(C)Cc1ccccn1)c1nc2ccccc2[nH]1. The third kappa shape index (κ3) is 3.96. The molecule has 3 rings (SSSR count). The number of H-pyrrole nitrogens is 1. The van der Waals surface area contributed by atoms with Crippen molar-refractivity contribution in [3.8, 4) is 0 Å². The quantitative estimate of drug-likeness (QED) is 0.748. The van der Waals surface area contributed by atoms with Crippen LogP contribution in [-0.4, -0.2) is 32.9 Å². The second-order valence-corrected chi connectivity index (χ2v) is 6.49. The summed E-state index contributed by atoms with van der Waals surface area (Å²) in [6.07, 6.45) is 1.73. The number of carbonyl (C=O) groups is 1. The van der Waals surface area contributed by atoms with E-state index < -0.39 is 0 Å². The van der Waals surface area contributed by atoms with E-state index in [0.717, 1.165) is 22.6 Å². The third-order valence-electron chi connectivity index (χ3n) is 4.12. The van der Waals surface area contributed by atoms with Gasteiger partial charge in [0, 0.05) is 13.2 Å². The summed E-state index contributed by atoms with van der Waals surface area (Å²) in [5.74, 6) is 0.976. The smallest absolute Gasteiger partial charge is 0.318 e. The third-order valence-corrected chi connectivity index (χ3v) is 4.12. The van der Waals surface area contributed by atoms with Gasteiger partial charge in [0.05, 0.1) is 29.3 Å². The number of benzene rings is 1. The highest BCUT2D eigenvalue weighted by molar-refractivity contribution is 5.76. The molecule has 2 heterocycles. The fraction of sp³-hybridized carbons (Fsp3) is 0.316. The Bertz CT molecular complexity index is 810. The first kappa shape index (κ1) is 17.0. The molecule has 2 amide bonds. The van der Waals surface area contributed by atoms with E-state index in [2.05, 4.69) is 34.1 Å². The number of hydrogen-bond acceptors (Lipinski definition) is 3. The van der Waals surface area contributed by atoms with E-state index in [1.165, 1.54) is 0 Å². The molecule has 0 saturated heterocycles. The lowest BCUT2D eigenvalue weighted by Gasteiger charge is -2.24. The molecular weight excluding hydrogens is 314 g/mol. The van der Waals surface area contributed by atoms with Crippen LogP contribution >= 0.6 is 0 Å². The van der Waals surface area contributed by atoms with Gasteiger partial charge in [-0.05, 0) is 30.2 Å². The van der Waals surface area contributed by atoms with Gasteiger partial charge in [-0.3, -0.25) is 4.98 Å². The Morgan fingerprint density at radius 1 is 1.20 bits per heavy atom. The molecule has 6 nitrogen and oxygen atoms in total. The van der Waals surface area contributed by atoms with Gasteiger partial charge in [-0.2, -0.15) is 0 Å². The molecule has 0 aliphatic heterocycles. The summed E-state index contributed by atoms with van der Waals surface area (Å²) >= 11 is 0. The molecule has 0 spiro atoms. The number of rotatable bonds is 5. The van der Waals surface area contributed by atoms with Crippen molar-refractivity contribution in [2.45, 2.75) is 26.4 Å². The van der Waals surface area contributed by atoms with Crippen molar-refractivity contribution in [3.05, 3.63) is 60.2 Å². The van der Waals surface area contributed by atoms with Crippen LogP contribution in [0.4, 0.5) is 4.79 Å². The van der Waals surface area contributed by atoms with Gasteiger partial charge < -0.3 is 15.2 Å². The van der Waals surface area contributed by atoms with Crippen molar-refractivity contribution >= 4 is 17.1 Å². The maximum absolute atomic E-state index is 12.6. The van der Waals surface area contributed by atoms with Crippen molar-refractivity contribution < 1.29 is 4.79 Å². The number of para-hydroxylation sites is 2. The highest BCUT2D eigenvalue weighted by Crippen LogP contribution is 2.22. The van der Waals surface area contributed by atoms with Crippen LogP contribution in [0.5, 0.6) is 0 Å². The van der Waals surface area contributed by atoms with Crippen molar-refractivity contribution in [2.24, 2.45) is 5.92 Å². The second kappa shape index (κ2) is 7.34. The van der Waals surface area contributed by atoms with E-state index in [-0.39, 0.29) is 18.0 Å². The predicted molar refractivity (Wildman–Crippen MR) is 97.9 cm³/mol. The molecule has 2 N–H and O–H groups in total. The van der Waals surface area contributed by atoms with Gasteiger partial charge in [0.25, 0.3) is 0 Å². The first-order chi connectivity index (χ1) is 12.0. The summed E-state index contributed by atoms with van der Waals surface area (Å²) in [5, 5.41) is 3.08. The van der Waals surface area contributed by atoms with Gasteiger partial charge in [0.1, 0.15) is 5.82 Å². The molecule has 130 valence electrons. The van der Waals surface area contributed by atoms with E-state index in [4.69, 9.17) is 0 Å². The monoisotopic (exact) mass is 337 g/mol. The lowest BCUT2D eigenvalue weighted by Crippen LogP contribution is -2.41. The molecule has 0 radical (unpaired) electrons. The molecule has 1 aromatic carbocycles. The standard InChI is InChI=1S/C19H23N5O/c1-13(2)17(18-21-15-9-4-5-10-16(15)22-18)23-19(25)24(3)12-14-8-6-7-11-20-14/h4-11,13,17H,12H2,1-3H3,(H,21,22)(H,23,25)/t17-/m0/s1. The number of nitrogens with zero attached hydrogens (tertiary/aromatic N) is 3. The van der Waals surface area contributed by atoms with Crippen molar-refractivity contribution in [2.75, 3.05) is 7.05 Å². The lowest BCUT2D eigenvalue weighted by molar-refractivity contribution is 0.197. The number of amides is 2. The van der Waals surface area contributed by atoms with Crippen LogP contribution in [0.1, 0.15) is 31.4 Å².